The highest BCUT2D eigenvalue weighted by Crippen LogP contribution is 2.30. The second-order valence-electron chi connectivity index (χ2n) is 4.68. The molecule has 0 aromatic rings. The van der Waals surface area contributed by atoms with E-state index in [1.807, 2.05) is 7.05 Å². The van der Waals surface area contributed by atoms with E-state index in [1.165, 1.54) is 12.8 Å². The first-order valence-electron chi connectivity index (χ1n) is 5.86. The van der Waals surface area contributed by atoms with Gasteiger partial charge in [-0.1, -0.05) is 0 Å². The molecule has 0 radical (unpaired) electrons. The van der Waals surface area contributed by atoms with Gasteiger partial charge in [0.25, 0.3) is 0 Å². The highest BCUT2D eigenvalue weighted by atomic mass is 16.4. The van der Waals surface area contributed by atoms with Crippen molar-refractivity contribution in [2.75, 3.05) is 20.1 Å². The highest BCUT2D eigenvalue weighted by Gasteiger charge is 2.35. The number of hydrogen-bond acceptors (Lipinski definition) is 3. The monoisotopic (exact) mass is 212 g/mol. The lowest BCUT2D eigenvalue weighted by atomic mass is 9.95. The highest BCUT2D eigenvalue weighted by molar-refractivity contribution is 5.71. The van der Waals surface area contributed by atoms with E-state index in [-0.39, 0.29) is 12.0 Å². The molecule has 2 N–H and O–H groups in total. The van der Waals surface area contributed by atoms with Crippen molar-refractivity contribution in [3.05, 3.63) is 0 Å². The van der Waals surface area contributed by atoms with E-state index in [2.05, 4.69) is 10.2 Å². The van der Waals surface area contributed by atoms with Crippen molar-refractivity contribution >= 4 is 5.97 Å². The quantitative estimate of drug-likeness (QED) is 0.716. The van der Waals surface area contributed by atoms with Gasteiger partial charge in [0.1, 0.15) is 0 Å². The van der Waals surface area contributed by atoms with Gasteiger partial charge in [-0.25, -0.2) is 0 Å². The van der Waals surface area contributed by atoms with Gasteiger partial charge in [-0.05, 0) is 45.8 Å². The minimum absolute atomic E-state index is 0.145. The normalized spacial score (nSPS) is 33.7. The molecule has 0 bridgehead atoms. The summed E-state index contributed by atoms with van der Waals surface area (Å²) < 4.78 is 0. The average molecular weight is 212 g/mol. The Balaban J connectivity index is 1.96. The van der Waals surface area contributed by atoms with Crippen molar-refractivity contribution in [1.82, 2.24) is 10.2 Å². The van der Waals surface area contributed by atoms with Crippen LogP contribution in [0.4, 0.5) is 0 Å². The average Bonchev–Trinajstić information content (AvgIpc) is 3.03. The van der Waals surface area contributed by atoms with Crippen LogP contribution in [0.15, 0.2) is 0 Å². The number of carbonyl (C=O) groups is 1. The third-order valence-electron chi connectivity index (χ3n) is 3.69. The third kappa shape index (κ3) is 2.49. The van der Waals surface area contributed by atoms with Crippen LogP contribution in [0, 0.1) is 5.92 Å². The summed E-state index contributed by atoms with van der Waals surface area (Å²) in [7, 11) is 1.87. The standard InChI is InChI=1S/C11H20N2O2/c1-12-10-5-7-13(8-2-3-8)6-4-9(10)11(14)15/h8-10,12H,2-7H2,1H3,(H,14,15). The van der Waals surface area contributed by atoms with Crippen LogP contribution in [0.3, 0.4) is 0 Å². The van der Waals surface area contributed by atoms with Crippen molar-refractivity contribution in [3.8, 4) is 0 Å². The first kappa shape index (κ1) is 10.9. The Hall–Kier alpha value is -0.610. The molecule has 2 aliphatic rings. The van der Waals surface area contributed by atoms with Crippen molar-refractivity contribution in [3.63, 3.8) is 0 Å². The number of nitrogens with one attached hydrogen (secondary N) is 1. The molecule has 1 aliphatic heterocycles. The summed E-state index contributed by atoms with van der Waals surface area (Å²) in [5.74, 6) is -0.856. The summed E-state index contributed by atoms with van der Waals surface area (Å²) in [5, 5.41) is 12.3. The van der Waals surface area contributed by atoms with Crippen molar-refractivity contribution in [1.29, 1.82) is 0 Å². The van der Waals surface area contributed by atoms with Crippen LogP contribution >= 0.6 is 0 Å². The summed E-state index contributed by atoms with van der Waals surface area (Å²) in [4.78, 5) is 13.6. The number of rotatable bonds is 3. The van der Waals surface area contributed by atoms with Gasteiger partial charge in [0.05, 0.1) is 5.92 Å². The molecule has 4 nitrogen and oxygen atoms in total. The minimum Gasteiger partial charge on any atom is -0.481 e. The number of hydrogen-bond donors (Lipinski definition) is 2. The van der Waals surface area contributed by atoms with Crippen LogP contribution in [-0.2, 0) is 4.79 Å². The molecule has 2 unspecified atom stereocenters. The van der Waals surface area contributed by atoms with Gasteiger partial charge in [0.15, 0.2) is 0 Å². The van der Waals surface area contributed by atoms with E-state index in [1.54, 1.807) is 0 Å². The first-order valence-corrected chi connectivity index (χ1v) is 5.86. The van der Waals surface area contributed by atoms with E-state index >= 15 is 0 Å². The van der Waals surface area contributed by atoms with Crippen LogP contribution in [0.5, 0.6) is 0 Å². The van der Waals surface area contributed by atoms with E-state index < -0.39 is 5.97 Å². The number of likely N-dealkylation sites (tertiary alicyclic amines) is 1. The third-order valence-corrected chi connectivity index (χ3v) is 3.69. The van der Waals surface area contributed by atoms with Crippen molar-refractivity contribution < 1.29 is 9.90 Å². The van der Waals surface area contributed by atoms with Gasteiger partial charge in [-0.15, -0.1) is 0 Å². The molecule has 4 heteroatoms. The predicted molar refractivity (Wildman–Crippen MR) is 57.8 cm³/mol. The fourth-order valence-corrected chi connectivity index (χ4v) is 2.57. The van der Waals surface area contributed by atoms with Gasteiger partial charge < -0.3 is 15.3 Å². The summed E-state index contributed by atoms with van der Waals surface area (Å²) in [6.45, 7) is 2.01. The first-order chi connectivity index (χ1) is 7.22. The maximum absolute atomic E-state index is 11.1. The van der Waals surface area contributed by atoms with Gasteiger partial charge >= 0.3 is 5.97 Å². The van der Waals surface area contributed by atoms with Gasteiger partial charge in [0.2, 0.25) is 0 Å². The number of carboxylic acid groups (broad SMARTS) is 1. The molecule has 1 heterocycles. The maximum atomic E-state index is 11.1. The topological polar surface area (TPSA) is 52.6 Å². The summed E-state index contributed by atoms with van der Waals surface area (Å²) in [6.07, 6.45) is 4.37. The molecule has 15 heavy (non-hydrogen) atoms. The summed E-state index contributed by atoms with van der Waals surface area (Å²) in [6, 6.07) is 0.904. The number of aliphatic carboxylic acids is 1. The Bertz CT molecular complexity index is 241. The molecule has 0 aromatic carbocycles. The summed E-state index contributed by atoms with van der Waals surface area (Å²) >= 11 is 0. The van der Waals surface area contributed by atoms with Crippen LogP contribution in [0.1, 0.15) is 25.7 Å². The SMILES string of the molecule is CNC1CCN(C2CC2)CCC1C(=O)O. The molecule has 2 rings (SSSR count). The zero-order chi connectivity index (χ0) is 10.8. The molecule has 0 amide bonds. The molecule has 1 aliphatic carbocycles. The zero-order valence-electron chi connectivity index (χ0n) is 9.28. The van der Waals surface area contributed by atoms with Crippen molar-refractivity contribution in [2.45, 2.75) is 37.8 Å². The Morgan fingerprint density at radius 2 is 1.93 bits per heavy atom. The number of nitrogens with zero attached hydrogens (tertiary/aromatic N) is 1. The lowest BCUT2D eigenvalue weighted by Gasteiger charge is -2.20. The molecule has 0 spiro atoms. The van der Waals surface area contributed by atoms with Gasteiger partial charge in [-0.2, -0.15) is 0 Å². The largest absolute Gasteiger partial charge is 0.481 e. The Kier molecular flexibility index (Phi) is 3.26. The zero-order valence-corrected chi connectivity index (χ0v) is 9.28. The second-order valence-corrected chi connectivity index (χ2v) is 4.68. The van der Waals surface area contributed by atoms with Gasteiger partial charge in [-0.3, -0.25) is 4.79 Å². The Labute approximate surface area is 90.6 Å². The lowest BCUT2D eigenvalue weighted by molar-refractivity contribution is -0.142. The van der Waals surface area contributed by atoms with Crippen LogP contribution in [0.25, 0.3) is 0 Å². The second kappa shape index (κ2) is 4.49. The van der Waals surface area contributed by atoms with E-state index in [0.29, 0.717) is 0 Å². The van der Waals surface area contributed by atoms with Crippen molar-refractivity contribution in [2.24, 2.45) is 5.92 Å². The molecule has 1 saturated carbocycles. The molecule has 0 aromatic heterocycles. The van der Waals surface area contributed by atoms with E-state index in [4.69, 9.17) is 5.11 Å². The minimum atomic E-state index is -0.646. The van der Waals surface area contributed by atoms with Crippen LogP contribution < -0.4 is 5.32 Å². The van der Waals surface area contributed by atoms with Crippen LogP contribution in [0.2, 0.25) is 0 Å². The van der Waals surface area contributed by atoms with E-state index in [9.17, 15) is 4.79 Å². The fourth-order valence-electron chi connectivity index (χ4n) is 2.57. The predicted octanol–water partition coefficient (Wildman–Crippen LogP) is 0.533. The molecule has 1 saturated heterocycles. The molecule has 86 valence electrons. The van der Waals surface area contributed by atoms with Crippen LogP contribution in [-0.4, -0.2) is 48.2 Å². The Morgan fingerprint density at radius 3 is 2.47 bits per heavy atom. The maximum Gasteiger partial charge on any atom is 0.308 e. The number of carboxylic acids is 1. The molecular formula is C11H20N2O2. The fraction of sp³-hybridized carbons (Fsp3) is 0.909. The Morgan fingerprint density at radius 1 is 1.27 bits per heavy atom. The van der Waals surface area contributed by atoms with Gasteiger partial charge in [0, 0.05) is 12.1 Å². The summed E-state index contributed by atoms with van der Waals surface area (Å²) in [5.41, 5.74) is 0. The molecular weight excluding hydrogens is 192 g/mol. The smallest absolute Gasteiger partial charge is 0.308 e. The lowest BCUT2D eigenvalue weighted by Crippen LogP contribution is -2.37. The molecule has 2 fully saturated rings. The molecule has 2 atom stereocenters. The van der Waals surface area contributed by atoms with E-state index in [0.717, 1.165) is 32.0 Å².